The summed E-state index contributed by atoms with van der Waals surface area (Å²) in [5.74, 6) is 2.28. The maximum atomic E-state index is 12.5. The normalized spacial score (nSPS) is 15.0. The third-order valence-electron chi connectivity index (χ3n) is 5.35. The molecule has 0 atom stereocenters. The molecule has 1 aliphatic heterocycles. The number of nitrogens with zero attached hydrogens (tertiary/aromatic N) is 3. The summed E-state index contributed by atoms with van der Waals surface area (Å²) < 4.78 is 13.2. The Hall–Kier alpha value is -3.02. The predicted octanol–water partition coefficient (Wildman–Crippen LogP) is 3.95. The number of aromatic nitrogens is 2. The molecule has 0 spiro atoms. The summed E-state index contributed by atoms with van der Waals surface area (Å²) in [6.07, 6.45) is 8.87. The Kier molecular flexibility index (Phi) is 5.46. The minimum absolute atomic E-state index is 0.176. The van der Waals surface area contributed by atoms with Gasteiger partial charge in [-0.2, -0.15) is 0 Å². The van der Waals surface area contributed by atoms with Gasteiger partial charge in [-0.15, -0.1) is 0 Å². The standard InChI is InChI=1S/C22H25N3O3/c1-27-19-6-4-17(5-7-19)20-16-23-21(28-20)8-9-22(26)25-14-10-18(11-15-25)24-12-2-3-13-24/h2-7,12-13,16,18H,8-11,14-15H2,1H3. The lowest BCUT2D eigenvalue weighted by molar-refractivity contribution is -0.132. The van der Waals surface area contributed by atoms with Crippen LogP contribution in [0.5, 0.6) is 5.75 Å². The number of methoxy groups -OCH3 is 1. The summed E-state index contributed by atoms with van der Waals surface area (Å²) in [7, 11) is 1.64. The highest BCUT2D eigenvalue weighted by Crippen LogP contribution is 2.25. The first-order chi connectivity index (χ1) is 13.7. The molecule has 1 aliphatic rings. The molecule has 0 saturated carbocycles. The van der Waals surface area contributed by atoms with Crippen molar-refractivity contribution in [3.8, 4) is 17.1 Å². The van der Waals surface area contributed by atoms with E-state index in [-0.39, 0.29) is 5.91 Å². The number of hydrogen-bond acceptors (Lipinski definition) is 4. The molecule has 2 aromatic heterocycles. The topological polar surface area (TPSA) is 60.5 Å². The van der Waals surface area contributed by atoms with Gasteiger partial charge in [0.1, 0.15) is 5.75 Å². The SMILES string of the molecule is COc1ccc(-c2cnc(CCC(=O)N3CCC(n4cccc4)CC3)o2)cc1. The quantitative estimate of drug-likeness (QED) is 0.651. The molecule has 0 aliphatic carbocycles. The fourth-order valence-corrected chi connectivity index (χ4v) is 3.69. The zero-order valence-electron chi connectivity index (χ0n) is 16.1. The second-order valence-electron chi connectivity index (χ2n) is 7.09. The Balaban J connectivity index is 1.27. The smallest absolute Gasteiger partial charge is 0.223 e. The van der Waals surface area contributed by atoms with Gasteiger partial charge in [0.05, 0.1) is 13.3 Å². The Morgan fingerprint density at radius 1 is 1.18 bits per heavy atom. The van der Waals surface area contributed by atoms with Crippen LogP contribution in [0.2, 0.25) is 0 Å². The Morgan fingerprint density at radius 2 is 1.89 bits per heavy atom. The minimum Gasteiger partial charge on any atom is -0.497 e. The molecule has 4 rings (SSSR count). The van der Waals surface area contributed by atoms with E-state index in [0.717, 1.165) is 37.2 Å². The van der Waals surface area contributed by atoms with Crippen LogP contribution in [0.25, 0.3) is 11.3 Å². The van der Waals surface area contributed by atoms with Gasteiger partial charge in [-0.1, -0.05) is 0 Å². The molecule has 28 heavy (non-hydrogen) atoms. The van der Waals surface area contributed by atoms with E-state index in [4.69, 9.17) is 9.15 Å². The van der Waals surface area contributed by atoms with Crippen molar-refractivity contribution in [1.29, 1.82) is 0 Å². The van der Waals surface area contributed by atoms with Crippen LogP contribution < -0.4 is 4.74 Å². The zero-order valence-corrected chi connectivity index (χ0v) is 16.1. The number of likely N-dealkylation sites (tertiary alicyclic amines) is 1. The highest BCUT2D eigenvalue weighted by Gasteiger charge is 2.23. The molecule has 3 aromatic rings. The van der Waals surface area contributed by atoms with Crippen LogP contribution in [0.1, 0.15) is 31.2 Å². The van der Waals surface area contributed by atoms with Crippen LogP contribution in [-0.2, 0) is 11.2 Å². The number of carbonyl (C=O) groups excluding carboxylic acids is 1. The summed E-state index contributed by atoms with van der Waals surface area (Å²) in [6, 6.07) is 12.2. The van der Waals surface area contributed by atoms with E-state index in [9.17, 15) is 4.79 Å². The molecule has 0 bridgehead atoms. The monoisotopic (exact) mass is 379 g/mol. The molecular formula is C22H25N3O3. The molecule has 1 fully saturated rings. The van der Waals surface area contributed by atoms with Crippen LogP contribution in [0.15, 0.2) is 59.4 Å². The predicted molar refractivity (Wildman–Crippen MR) is 106 cm³/mol. The van der Waals surface area contributed by atoms with Crippen LogP contribution in [0.3, 0.4) is 0 Å². The van der Waals surface area contributed by atoms with Crippen LogP contribution in [0.4, 0.5) is 0 Å². The number of piperidine rings is 1. The molecule has 146 valence electrons. The summed E-state index contributed by atoms with van der Waals surface area (Å²) in [6.45, 7) is 1.62. The van der Waals surface area contributed by atoms with Gasteiger partial charge >= 0.3 is 0 Å². The van der Waals surface area contributed by atoms with Crippen molar-refractivity contribution in [2.75, 3.05) is 20.2 Å². The summed E-state index contributed by atoms with van der Waals surface area (Å²) in [5, 5.41) is 0. The Morgan fingerprint density at radius 3 is 2.57 bits per heavy atom. The van der Waals surface area contributed by atoms with Crippen LogP contribution in [0, 0.1) is 0 Å². The van der Waals surface area contributed by atoms with E-state index in [1.807, 2.05) is 41.3 Å². The molecule has 1 aromatic carbocycles. The highest BCUT2D eigenvalue weighted by molar-refractivity contribution is 5.76. The number of hydrogen-bond donors (Lipinski definition) is 0. The Labute approximate surface area is 164 Å². The van der Waals surface area contributed by atoms with Gasteiger partial charge in [0.2, 0.25) is 5.91 Å². The van der Waals surface area contributed by atoms with Crippen molar-refractivity contribution >= 4 is 5.91 Å². The van der Waals surface area contributed by atoms with Gasteiger partial charge in [0.25, 0.3) is 0 Å². The average molecular weight is 379 g/mol. The number of oxazole rings is 1. The molecule has 3 heterocycles. The van der Waals surface area contributed by atoms with Crippen molar-refractivity contribution in [3.05, 3.63) is 60.9 Å². The highest BCUT2D eigenvalue weighted by atomic mass is 16.5. The fraction of sp³-hybridized carbons (Fsp3) is 0.364. The Bertz CT molecular complexity index is 892. The third kappa shape index (κ3) is 4.11. The summed E-state index contributed by atoms with van der Waals surface area (Å²) in [5.41, 5.74) is 0.943. The molecule has 0 N–H and O–H groups in total. The maximum Gasteiger partial charge on any atom is 0.223 e. The number of ether oxygens (including phenoxy) is 1. The van der Waals surface area contributed by atoms with Crippen LogP contribution >= 0.6 is 0 Å². The third-order valence-corrected chi connectivity index (χ3v) is 5.35. The summed E-state index contributed by atoms with van der Waals surface area (Å²) >= 11 is 0. The molecule has 1 amide bonds. The molecule has 0 unspecified atom stereocenters. The number of carbonyl (C=O) groups is 1. The molecule has 0 radical (unpaired) electrons. The van der Waals surface area contributed by atoms with Crippen molar-refractivity contribution in [2.24, 2.45) is 0 Å². The fourth-order valence-electron chi connectivity index (χ4n) is 3.69. The van der Waals surface area contributed by atoms with Gasteiger partial charge < -0.3 is 18.6 Å². The van der Waals surface area contributed by atoms with E-state index in [1.165, 1.54) is 0 Å². The van der Waals surface area contributed by atoms with Gasteiger partial charge in [0.15, 0.2) is 11.7 Å². The van der Waals surface area contributed by atoms with Crippen molar-refractivity contribution in [2.45, 2.75) is 31.7 Å². The lowest BCUT2D eigenvalue weighted by Gasteiger charge is -2.32. The van der Waals surface area contributed by atoms with Crippen LogP contribution in [-0.4, -0.2) is 40.6 Å². The van der Waals surface area contributed by atoms with E-state index >= 15 is 0 Å². The number of amides is 1. The maximum absolute atomic E-state index is 12.5. The van der Waals surface area contributed by atoms with E-state index in [2.05, 4.69) is 21.9 Å². The molecular weight excluding hydrogens is 354 g/mol. The average Bonchev–Trinajstić information content (AvgIpc) is 3.44. The van der Waals surface area contributed by atoms with Gasteiger partial charge in [-0.3, -0.25) is 4.79 Å². The van der Waals surface area contributed by atoms with Crippen molar-refractivity contribution in [3.63, 3.8) is 0 Å². The largest absolute Gasteiger partial charge is 0.497 e. The van der Waals surface area contributed by atoms with Gasteiger partial charge in [-0.25, -0.2) is 4.98 Å². The van der Waals surface area contributed by atoms with E-state index in [0.29, 0.717) is 30.5 Å². The van der Waals surface area contributed by atoms with E-state index in [1.54, 1.807) is 13.3 Å². The first kappa shape index (κ1) is 18.3. The first-order valence-corrected chi connectivity index (χ1v) is 9.72. The second kappa shape index (κ2) is 8.33. The molecule has 6 heteroatoms. The summed E-state index contributed by atoms with van der Waals surface area (Å²) in [4.78, 5) is 18.8. The van der Waals surface area contributed by atoms with Gasteiger partial charge in [-0.05, 0) is 49.2 Å². The minimum atomic E-state index is 0.176. The first-order valence-electron chi connectivity index (χ1n) is 9.72. The van der Waals surface area contributed by atoms with Crippen molar-refractivity contribution in [1.82, 2.24) is 14.5 Å². The number of rotatable bonds is 6. The molecule has 6 nitrogen and oxygen atoms in total. The number of benzene rings is 1. The van der Waals surface area contributed by atoms with Crippen molar-refractivity contribution < 1.29 is 13.9 Å². The molecule has 1 saturated heterocycles. The zero-order chi connectivity index (χ0) is 19.3. The number of aryl methyl sites for hydroxylation is 1. The second-order valence-corrected chi connectivity index (χ2v) is 7.09. The van der Waals surface area contributed by atoms with Gasteiger partial charge in [0, 0.05) is 49.9 Å². The lowest BCUT2D eigenvalue weighted by Crippen LogP contribution is -2.39. The lowest BCUT2D eigenvalue weighted by atomic mass is 10.0. The van der Waals surface area contributed by atoms with E-state index < -0.39 is 0 Å².